The van der Waals surface area contributed by atoms with E-state index in [1.165, 1.54) is 156 Å². The normalized spacial score (nSPS) is 44.6. The molecule has 30 fully saturated rings. The highest BCUT2D eigenvalue weighted by Crippen LogP contribution is 2.44. The minimum Gasteiger partial charge on any atom is -0.382 e. The van der Waals surface area contributed by atoms with E-state index in [2.05, 4.69) is 0 Å². The average Bonchev–Trinajstić information content (AvgIpc) is 0.761. The van der Waals surface area contributed by atoms with Gasteiger partial charge in [-0.05, 0) is 0 Å². The Labute approximate surface area is 690 Å². The summed E-state index contributed by atoms with van der Waals surface area (Å²) in [5, 5.41) is 0. The fourth-order valence-corrected chi connectivity index (χ4v) is 17.8. The van der Waals surface area contributed by atoms with Gasteiger partial charge in [-0.3, -0.25) is 8.37 Å². The van der Waals surface area contributed by atoms with E-state index in [-0.39, 0.29) is 39.6 Å². The Morgan fingerprint density at radius 2 is 0.280 bits per heavy atom. The highest BCUT2D eigenvalue weighted by atomic mass is 32.2. The lowest BCUT2D eigenvalue weighted by molar-refractivity contribution is -0.409. The van der Waals surface area contributed by atoms with Crippen molar-refractivity contribution in [1.29, 1.82) is 0 Å². The van der Waals surface area contributed by atoms with E-state index in [4.69, 9.17) is 188 Å². The summed E-state index contributed by atoms with van der Waals surface area (Å²) in [6, 6.07) is 0. The average molecular weight is 1760 g/mol. The molecule has 0 unspecified atom stereocenters. The van der Waals surface area contributed by atoms with Crippen LogP contribution in [0.1, 0.15) is 0 Å². The standard InChI is InChI=1S/C72H128O44S2/c1-77-25-33-41-49(83-7)58(92-16)66(102-33)111-43-35(27-79-3)104-68(60(94-18)51(43)85-9)113-45-37(29-81-5)106-70(62(96-20)53(45)87-11)115-47-39(31-99-117(23,73)74)108-72(64(98-22)55(47)89-13)116-48-40(32-100-118(24,75)76)107-71(63(97-21)56(48)90-14)114-46-38(30-82-6)105-69(61(95-19)54(46)88-12)112-44-36(28-80-4)103-67(59(93-17)52(44)86-10)110-42-34(26-78-2)101-65(109-41)57(91-15)50(42)84-8/h33-72H,25-32H2,1-24H3/t33-,34-,35-,36-,37-,38-,39-,40-,41-,42-,43-,44-,45-,46-,47-,48-,49+,50+,51+,52+,53+,54+,55+,56+,57-,58-,59-,60-,61-,62-,63-,64-,65-,66-,67-,68-,69-,70-,71-,72-/m1/s1. The van der Waals surface area contributed by atoms with Crippen LogP contribution >= 0.6 is 0 Å². The van der Waals surface area contributed by atoms with Crippen LogP contribution in [-0.2, 0) is 209 Å². The Hall–Kier alpha value is -1.70. The Morgan fingerprint density at radius 1 is 0.169 bits per heavy atom. The topological polar surface area (TPSA) is 437 Å². The van der Waals surface area contributed by atoms with Gasteiger partial charge in [0, 0.05) is 156 Å². The third-order valence-electron chi connectivity index (χ3n) is 22.3. The monoisotopic (exact) mass is 1760 g/mol. The number of hydrogen-bond donors (Lipinski definition) is 0. The first-order valence-corrected chi connectivity index (χ1v) is 42.0. The molecule has 0 saturated carbocycles. The molecule has 44 nitrogen and oxygen atoms in total. The maximum absolute atomic E-state index is 13.1. The van der Waals surface area contributed by atoms with Gasteiger partial charge in [-0.2, -0.15) is 16.8 Å². The maximum Gasteiger partial charge on any atom is 0.264 e. The number of hydrogen-bond acceptors (Lipinski definition) is 44. The molecule has 40 atom stereocenters. The summed E-state index contributed by atoms with van der Waals surface area (Å²) >= 11 is 0. The molecule has 0 aliphatic carbocycles. The second-order valence-corrected chi connectivity index (χ2v) is 32.4. The highest BCUT2D eigenvalue weighted by Gasteiger charge is 2.63. The lowest BCUT2D eigenvalue weighted by Crippen LogP contribution is -2.70. The van der Waals surface area contributed by atoms with Crippen molar-refractivity contribution in [1.82, 2.24) is 0 Å². The molecule has 0 radical (unpaired) electrons. The Balaban J connectivity index is 1.16. The van der Waals surface area contributed by atoms with Crippen molar-refractivity contribution in [2.24, 2.45) is 0 Å². The minimum absolute atomic E-state index is 0.0984. The molecule has 16 bridgehead atoms. The van der Waals surface area contributed by atoms with Crippen molar-refractivity contribution < 1.29 is 205 Å². The van der Waals surface area contributed by atoms with Crippen LogP contribution in [0, 0.1) is 0 Å². The zero-order chi connectivity index (χ0) is 86.0. The summed E-state index contributed by atoms with van der Waals surface area (Å²) in [7, 11) is 22.9. The van der Waals surface area contributed by atoms with Crippen molar-refractivity contribution in [3.8, 4) is 0 Å². The fraction of sp³-hybridized carbons (Fsp3) is 1.00. The van der Waals surface area contributed by atoms with Gasteiger partial charge >= 0.3 is 0 Å². The molecule has 0 spiro atoms. The summed E-state index contributed by atoms with van der Waals surface area (Å²) in [5.74, 6) is 0. The van der Waals surface area contributed by atoms with Gasteiger partial charge in [0.1, 0.15) is 195 Å². The molecule has 0 aromatic rings. The lowest BCUT2D eigenvalue weighted by atomic mass is 9.94. The van der Waals surface area contributed by atoms with E-state index in [1.54, 1.807) is 0 Å². The van der Waals surface area contributed by atoms with Crippen molar-refractivity contribution in [2.45, 2.75) is 246 Å². The van der Waals surface area contributed by atoms with Gasteiger partial charge in [-0.1, -0.05) is 0 Å². The van der Waals surface area contributed by atoms with Crippen molar-refractivity contribution >= 4 is 20.2 Å². The van der Waals surface area contributed by atoms with Gasteiger partial charge in [0.15, 0.2) is 50.3 Å². The molecule has 30 aliphatic heterocycles. The minimum atomic E-state index is -4.26. The first-order valence-electron chi connectivity index (χ1n) is 38.4. The molecule has 118 heavy (non-hydrogen) atoms. The third-order valence-corrected chi connectivity index (χ3v) is 23.4. The van der Waals surface area contributed by atoms with E-state index in [0.29, 0.717) is 0 Å². The molecular weight excluding hydrogens is 1630 g/mol. The maximum atomic E-state index is 13.1. The van der Waals surface area contributed by atoms with Gasteiger partial charge in [0.25, 0.3) is 20.2 Å². The van der Waals surface area contributed by atoms with E-state index < -0.39 is 279 Å². The first kappa shape index (κ1) is 100. The van der Waals surface area contributed by atoms with E-state index in [1.807, 2.05) is 0 Å². The van der Waals surface area contributed by atoms with Crippen LogP contribution < -0.4 is 0 Å². The number of rotatable bonds is 34. The van der Waals surface area contributed by atoms with Crippen LogP contribution in [-0.4, -0.2) is 484 Å². The summed E-state index contributed by atoms with van der Waals surface area (Å²) in [4.78, 5) is 0. The quantitative estimate of drug-likeness (QED) is 0.0578. The van der Waals surface area contributed by atoms with Crippen LogP contribution in [0.25, 0.3) is 0 Å². The molecule has 46 heteroatoms. The third kappa shape index (κ3) is 23.1. The molecule has 30 saturated heterocycles. The molecule has 30 heterocycles. The molecular formula is C72H128O44S2. The molecule has 0 aromatic carbocycles. The first-order chi connectivity index (χ1) is 56.8. The van der Waals surface area contributed by atoms with Gasteiger partial charge < -0.3 is 180 Å². The Bertz CT molecular complexity index is 3040. The van der Waals surface area contributed by atoms with Gasteiger partial charge in [0.2, 0.25) is 0 Å². The van der Waals surface area contributed by atoms with Gasteiger partial charge in [0.05, 0.1) is 65.4 Å². The second-order valence-electron chi connectivity index (χ2n) is 29.1. The predicted molar refractivity (Wildman–Crippen MR) is 394 cm³/mol. The predicted octanol–water partition coefficient (Wildman–Crippen LogP) is -3.05. The smallest absolute Gasteiger partial charge is 0.264 e. The number of methoxy groups -OCH3 is 22. The zero-order valence-corrected chi connectivity index (χ0v) is 73.2. The van der Waals surface area contributed by atoms with E-state index in [0.717, 1.165) is 12.5 Å². The lowest BCUT2D eigenvalue weighted by Gasteiger charge is -2.53. The van der Waals surface area contributed by atoms with Crippen LogP contribution in [0.4, 0.5) is 0 Å². The fourth-order valence-electron chi connectivity index (χ4n) is 17.0. The Morgan fingerprint density at radius 3 is 0.373 bits per heavy atom. The van der Waals surface area contributed by atoms with E-state index >= 15 is 0 Å². The van der Waals surface area contributed by atoms with Crippen molar-refractivity contribution in [3.63, 3.8) is 0 Å². The SMILES string of the molecule is COC[C@H]1O[C@@H]2O[C@H]3[C@H](OC)[C@@H](OC)[C@@H](O[C@H]4[C@H](OC)[C@@H](OC)[C@@H](O[C@H]5[C@H](OC)[C@@H](OC)[C@@H](O[C@H]6[C@H](OC)[C@@H](OC)[C@@H](O[C@H]7[C@H](OC)[C@@H](OC)[C@@H](O[C@H]8[C@H](OC)[C@@H](OC)[C@@H](O[C@H]9[C@H](OC)[C@@H](OC)[C@@H](O[C@H]1[C@H](OC)[C@H]2OC)O[C@@H]9COC)O[C@@H]8COC)O[C@@H]7COC)O[C@@H]6COS(C)(=O)=O)O[C@@H]5COS(C)(=O)=O)O[C@@H]4COC)O[C@@H]3COC. The van der Waals surface area contributed by atoms with Crippen LogP contribution in [0.5, 0.6) is 0 Å². The van der Waals surface area contributed by atoms with Crippen LogP contribution in [0.2, 0.25) is 0 Å². The van der Waals surface area contributed by atoms with Crippen LogP contribution in [0.15, 0.2) is 0 Å². The zero-order valence-electron chi connectivity index (χ0n) is 71.5. The summed E-state index contributed by atoms with van der Waals surface area (Å²) in [6.07, 6.45) is -47.1. The van der Waals surface area contributed by atoms with Crippen molar-refractivity contribution in [3.05, 3.63) is 0 Å². The van der Waals surface area contributed by atoms with Gasteiger partial charge in [-0.15, -0.1) is 0 Å². The molecule has 0 amide bonds. The largest absolute Gasteiger partial charge is 0.382 e. The van der Waals surface area contributed by atoms with E-state index in [9.17, 15) is 16.8 Å². The second kappa shape index (κ2) is 47.4. The molecule has 30 aliphatic rings. The van der Waals surface area contributed by atoms with Crippen LogP contribution in [0.3, 0.4) is 0 Å². The summed E-state index contributed by atoms with van der Waals surface area (Å²) < 4.78 is 310. The molecule has 0 aromatic heterocycles. The Kier molecular flexibility index (Phi) is 40.2. The summed E-state index contributed by atoms with van der Waals surface area (Å²) in [5.41, 5.74) is 0. The number of ether oxygens (including phenoxy) is 38. The molecule has 0 N–H and O–H groups in total. The van der Waals surface area contributed by atoms with Crippen molar-refractivity contribution in [2.75, 3.05) is 222 Å². The molecule has 30 rings (SSSR count). The van der Waals surface area contributed by atoms with Gasteiger partial charge in [-0.25, -0.2) is 0 Å². The highest BCUT2D eigenvalue weighted by molar-refractivity contribution is 7.86. The summed E-state index contributed by atoms with van der Waals surface area (Å²) in [6.45, 7) is -2.30. The molecule has 692 valence electrons.